The summed E-state index contributed by atoms with van der Waals surface area (Å²) in [6.07, 6.45) is 1.39. The van der Waals surface area contributed by atoms with E-state index in [4.69, 9.17) is 18.1 Å². The fraction of sp³-hybridized carbons (Fsp3) is 0.692. The lowest BCUT2D eigenvalue weighted by molar-refractivity contribution is -0.757. The number of rotatable bonds is 10. The van der Waals surface area contributed by atoms with Gasteiger partial charge in [0.15, 0.2) is 31.4 Å². The van der Waals surface area contributed by atoms with E-state index < -0.39 is 22.1 Å². The van der Waals surface area contributed by atoms with Crippen LogP contribution < -0.4 is 0 Å². The van der Waals surface area contributed by atoms with Gasteiger partial charge in [0.2, 0.25) is 0 Å². The first kappa shape index (κ1) is 32.7. The molecule has 0 amide bonds. The Morgan fingerprint density at radius 1 is 0.815 bits per heavy atom. The first-order chi connectivity index (χ1) is 12.4. The Hall–Kier alpha value is -1.94. The van der Waals surface area contributed by atoms with Crippen molar-refractivity contribution in [1.29, 1.82) is 0 Å². The number of carbonyl (C=O) groups excluding carboxylic acids is 4. The highest BCUT2D eigenvalue weighted by Crippen LogP contribution is 1.82. The summed E-state index contributed by atoms with van der Waals surface area (Å²) >= 11 is 0. The third kappa shape index (κ3) is 68.6. The van der Waals surface area contributed by atoms with Gasteiger partial charge in [0, 0.05) is 32.5 Å². The number of hydrogen-bond acceptors (Lipinski definition) is 9. The van der Waals surface area contributed by atoms with Gasteiger partial charge in [0.1, 0.15) is 6.61 Å². The number of aliphatic hydroxyl groups excluding tert-OH is 2. The van der Waals surface area contributed by atoms with E-state index in [9.17, 15) is 29.3 Å². The molecule has 0 saturated heterocycles. The number of nitrogens with zero attached hydrogens (tertiary/aromatic N) is 1. The zero-order valence-electron chi connectivity index (χ0n) is 15.2. The summed E-state index contributed by atoms with van der Waals surface area (Å²) in [6.45, 7) is 1.37. The monoisotopic (exact) mass is 379 g/mol. The van der Waals surface area contributed by atoms with Crippen molar-refractivity contribution < 1.29 is 39.3 Å². The fourth-order valence-corrected chi connectivity index (χ4v) is 0.688. The van der Waals surface area contributed by atoms with E-state index in [1.807, 2.05) is 6.92 Å². The molecule has 8 radical (unpaired) electrons. The maximum Gasteiger partial charge on any atom is 0.294 e. The molecule has 2 N–H and O–H groups in total. The van der Waals surface area contributed by atoms with Crippen LogP contribution in [0, 0.1) is 10.1 Å². The van der Waals surface area contributed by atoms with E-state index in [0.717, 1.165) is 6.42 Å². The lowest BCUT2D eigenvalue weighted by Gasteiger charge is -1.92. The summed E-state index contributed by atoms with van der Waals surface area (Å²) in [6, 6.07) is 0. The van der Waals surface area contributed by atoms with Crippen LogP contribution in [0.15, 0.2) is 0 Å². The number of aliphatic hydroxyl groups is 2. The zero-order chi connectivity index (χ0) is 22.3. The van der Waals surface area contributed by atoms with E-state index in [1.165, 1.54) is 0 Å². The minimum atomic E-state index is -0.969. The third-order valence-electron chi connectivity index (χ3n) is 1.76. The highest BCUT2D eigenvalue weighted by atomic mass is 16.9. The molecule has 0 aliphatic rings. The molecule has 144 valence electrons. The van der Waals surface area contributed by atoms with Crippen LogP contribution in [0.3, 0.4) is 0 Å². The van der Waals surface area contributed by atoms with Crippen LogP contribution in [-0.2, 0) is 24.0 Å². The molecule has 0 rings (SSSR count). The van der Waals surface area contributed by atoms with Crippen molar-refractivity contribution in [2.75, 3.05) is 19.8 Å². The highest BCUT2D eigenvalue weighted by molar-refractivity contribution is 6.58. The van der Waals surface area contributed by atoms with Gasteiger partial charge >= 0.3 is 0 Å². The van der Waals surface area contributed by atoms with Crippen molar-refractivity contribution in [2.45, 2.75) is 39.0 Å². The van der Waals surface area contributed by atoms with Gasteiger partial charge in [-0.2, -0.15) is 0 Å². The molecule has 0 saturated carbocycles. The predicted octanol–water partition coefficient (Wildman–Crippen LogP) is -2.11. The molecule has 27 heavy (non-hydrogen) atoms. The van der Waals surface area contributed by atoms with Crippen LogP contribution in [0.1, 0.15) is 39.0 Å². The van der Waals surface area contributed by atoms with Crippen molar-refractivity contribution in [3.8, 4) is 0 Å². The van der Waals surface area contributed by atoms with Crippen LogP contribution in [-0.4, -0.2) is 89.2 Å². The minimum absolute atomic E-state index is 0.0694. The summed E-state index contributed by atoms with van der Waals surface area (Å²) in [5.41, 5.74) is -1.75. The summed E-state index contributed by atoms with van der Waals surface area (Å²) < 4.78 is 0. The average molecular weight is 379 g/mol. The quantitative estimate of drug-likeness (QED) is 0.246. The van der Waals surface area contributed by atoms with Gasteiger partial charge in [-0.3, -0.25) is 0 Å². The molecule has 0 fully saturated rings. The van der Waals surface area contributed by atoms with Gasteiger partial charge in [-0.05, 0) is 6.42 Å². The minimum Gasteiger partial charge on any atom is -0.396 e. The lowest BCUT2D eigenvalue weighted by atomic mass is 9.99. The molecule has 0 bridgehead atoms. The first-order valence-electron chi connectivity index (χ1n) is 7.56. The Labute approximate surface area is 163 Å². The second-order valence-electron chi connectivity index (χ2n) is 4.37. The Bertz CT molecular complexity index is 384. The molecule has 14 heteroatoms. The number of hydrogen-bond donors (Lipinski definition) is 2. The molecule has 0 aliphatic carbocycles. The van der Waals surface area contributed by atoms with Crippen molar-refractivity contribution in [2.24, 2.45) is 0 Å². The van der Waals surface area contributed by atoms with Gasteiger partial charge in [0.25, 0.3) is 5.09 Å². The molecule has 0 unspecified atom stereocenters. The molecule has 0 aromatic rings. The van der Waals surface area contributed by atoms with Crippen molar-refractivity contribution in [1.82, 2.24) is 0 Å². The standard InChI is InChI=1S/C4H7BO.C3H4BNO4.2C3H5BO2/c1-2-3-4(5)6;4-3(6)1-2-9-5(7)8;2*4-3(6)1-2-5/h2-3H2,1H3;1-2H2;2*5H,1-2H2. The third-order valence-corrected chi connectivity index (χ3v) is 1.76. The van der Waals surface area contributed by atoms with E-state index in [1.54, 1.807) is 0 Å². The SMILES string of the molecule is [B]C(=O)CCC.[B]C(=O)CCO.[B]C(=O)CCO.[B]C(=O)CCO[N+](=O)[O-]. The van der Waals surface area contributed by atoms with Crippen molar-refractivity contribution in [3.05, 3.63) is 10.1 Å². The maximum absolute atomic E-state index is 9.90. The first-order valence-corrected chi connectivity index (χ1v) is 7.56. The van der Waals surface area contributed by atoms with Crippen LogP contribution in [0.25, 0.3) is 0 Å². The Balaban J connectivity index is -0.000000133. The van der Waals surface area contributed by atoms with E-state index in [-0.39, 0.29) is 44.8 Å². The smallest absolute Gasteiger partial charge is 0.294 e. The van der Waals surface area contributed by atoms with Crippen LogP contribution in [0.5, 0.6) is 0 Å². The maximum atomic E-state index is 9.90. The largest absolute Gasteiger partial charge is 0.396 e. The van der Waals surface area contributed by atoms with E-state index in [0.29, 0.717) is 6.42 Å². The Morgan fingerprint density at radius 2 is 1.15 bits per heavy atom. The average Bonchev–Trinajstić information content (AvgIpc) is 2.47. The summed E-state index contributed by atoms with van der Waals surface area (Å²) in [4.78, 5) is 52.2. The fourth-order valence-electron chi connectivity index (χ4n) is 0.688. The molecule has 0 aliphatic heterocycles. The normalized spacial score (nSPS) is 8.26. The summed E-state index contributed by atoms with van der Waals surface area (Å²) in [7, 11) is 18.6. The molecule has 10 nitrogen and oxygen atoms in total. The summed E-state index contributed by atoms with van der Waals surface area (Å²) in [5.74, 6) is 0. The molecule has 0 aromatic heterocycles. The highest BCUT2D eigenvalue weighted by Gasteiger charge is 1.95. The number of carbonyl (C=O) groups is 4. The molecule has 0 spiro atoms. The van der Waals surface area contributed by atoms with Crippen molar-refractivity contribution in [3.63, 3.8) is 0 Å². The lowest BCUT2D eigenvalue weighted by Crippen LogP contribution is -2.07. The van der Waals surface area contributed by atoms with Crippen molar-refractivity contribution >= 4 is 54.1 Å². The molecular weight excluding hydrogens is 357 g/mol. The topological polar surface area (TPSA) is 161 Å². The second-order valence-corrected chi connectivity index (χ2v) is 4.37. The van der Waals surface area contributed by atoms with Gasteiger partial charge in [-0.1, -0.05) is 13.3 Å². The van der Waals surface area contributed by atoms with Gasteiger partial charge < -0.3 is 34.2 Å². The Kier molecular flexibility index (Phi) is 31.8. The predicted molar refractivity (Wildman–Crippen MR) is 98.9 cm³/mol. The second kappa shape index (κ2) is 26.3. The van der Waals surface area contributed by atoms with Crippen LogP contribution >= 0.6 is 0 Å². The zero-order valence-corrected chi connectivity index (χ0v) is 15.2. The van der Waals surface area contributed by atoms with Gasteiger partial charge in [-0.15, -0.1) is 10.1 Å². The Morgan fingerprint density at radius 3 is 1.26 bits per heavy atom. The summed E-state index contributed by atoms with van der Waals surface area (Å²) in [5, 5.41) is 24.3. The van der Waals surface area contributed by atoms with E-state index in [2.05, 4.69) is 28.4 Å². The molecule has 0 heterocycles. The molecule has 0 atom stereocenters. The van der Waals surface area contributed by atoms with Gasteiger partial charge in [0.05, 0.1) is 22.7 Å². The van der Waals surface area contributed by atoms with E-state index >= 15 is 0 Å². The van der Waals surface area contributed by atoms with Crippen LogP contribution in [0.4, 0.5) is 0 Å². The molecular formula is C13H21B4NO9. The van der Waals surface area contributed by atoms with Gasteiger partial charge in [-0.25, -0.2) is 0 Å². The van der Waals surface area contributed by atoms with Crippen LogP contribution in [0.2, 0.25) is 0 Å². The molecule has 0 aromatic carbocycles.